The molecular formula is C58H41N3. The van der Waals surface area contributed by atoms with E-state index in [1.54, 1.807) is 0 Å². The van der Waals surface area contributed by atoms with Crippen molar-refractivity contribution >= 4 is 23.0 Å². The van der Waals surface area contributed by atoms with Crippen LogP contribution in [0.1, 0.15) is 33.9 Å². The van der Waals surface area contributed by atoms with Crippen molar-refractivity contribution in [2.24, 2.45) is 0 Å². The van der Waals surface area contributed by atoms with Gasteiger partial charge in [0.1, 0.15) is 0 Å². The normalized spacial score (nSPS) is 14.3. The van der Waals surface area contributed by atoms with E-state index >= 15 is 0 Å². The maximum Gasteiger partial charge on any atom is 0.0793 e. The molecule has 0 aliphatic carbocycles. The molecule has 0 spiro atoms. The Kier molecular flexibility index (Phi) is 9.34. The molecule has 1 atom stereocenters. The summed E-state index contributed by atoms with van der Waals surface area (Å²) in [6, 6.07) is 82.3. The smallest absolute Gasteiger partial charge is 0.0793 e. The van der Waals surface area contributed by atoms with Gasteiger partial charge in [0.25, 0.3) is 0 Å². The van der Waals surface area contributed by atoms with Gasteiger partial charge in [-0.15, -0.1) is 0 Å². The van der Waals surface area contributed by atoms with Crippen molar-refractivity contribution in [3.05, 3.63) is 258 Å². The molecule has 288 valence electrons. The topological polar surface area (TPSA) is 28.2 Å². The average molecular weight is 780 g/mol. The van der Waals surface area contributed by atoms with Crippen LogP contribution in [-0.2, 0) is 0 Å². The maximum absolute atomic E-state index is 5.24. The summed E-state index contributed by atoms with van der Waals surface area (Å²) in [7, 11) is 0. The van der Waals surface area contributed by atoms with Gasteiger partial charge in [0.2, 0.25) is 0 Å². The van der Waals surface area contributed by atoms with E-state index in [1.807, 2.05) is 0 Å². The minimum Gasteiger partial charge on any atom is -0.274 e. The average Bonchev–Trinajstić information content (AvgIpc) is 3.76. The SMILES string of the molecule is C1=C(c2ccccc2)N2NC(c3ccccc3)C(c3ccccc3)=C2c2cccc(-c3ccc(-c4cc(-c5ccccc5)nc(-c5cccc(-c6ccccc6)c5)c4)cc3)c21. The molecular weight excluding hydrogens is 739 g/mol. The van der Waals surface area contributed by atoms with E-state index in [1.165, 1.54) is 55.8 Å². The summed E-state index contributed by atoms with van der Waals surface area (Å²) in [6.45, 7) is 0. The Balaban J connectivity index is 1.04. The lowest BCUT2D eigenvalue weighted by Gasteiger charge is -2.32. The van der Waals surface area contributed by atoms with Crippen molar-refractivity contribution in [2.75, 3.05) is 0 Å². The molecule has 9 aromatic rings. The van der Waals surface area contributed by atoms with Gasteiger partial charge in [0.15, 0.2) is 0 Å². The summed E-state index contributed by atoms with van der Waals surface area (Å²) in [5.74, 6) is 0. The van der Waals surface area contributed by atoms with Crippen LogP contribution in [-0.4, -0.2) is 9.99 Å². The zero-order valence-electron chi connectivity index (χ0n) is 33.5. The first kappa shape index (κ1) is 36.2. The van der Waals surface area contributed by atoms with E-state index < -0.39 is 0 Å². The Hall–Kier alpha value is -7.85. The predicted molar refractivity (Wildman–Crippen MR) is 253 cm³/mol. The lowest BCUT2D eigenvalue weighted by Crippen LogP contribution is -2.33. The Morgan fingerprint density at radius 1 is 0.361 bits per heavy atom. The van der Waals surface area contributed by atoms with Crippen molar-refractivity contribution in [3.8, 4) is 55.9 Å². The van der Waals surface area contributed by atoms with Crippen molar-refractivity contribution < 1.29 is 0 Å². The van der Waals surface area contributed by atoms with Crippen LogP contribution in [0.4, 0.5) is 0 Å². The van der Waals surface area contributed by atoms with Crippen molar-refractivity contribution in [1.29, 1.82) is 0 Å². The molecule has 8 aromatic carbocycles. The van der Waals surface area contributed by atoms with Crippen LogP contribution in [0.15, 0.2) is 231 Å². The van der Waals surface area contributed by atoms with Crippen molar-refractivity contribution in [2.45, 2.75) is 6.04 Å². The molecule has 3 heterocycles. The zero-order chi connectivity index (χ0) is 40.5. The lowest BCUT2D eigenvalue weighted by molar-refractivity contribution is 0.405. The molecule has 1 N–H and O–H groups in total. The van der Waals surface area contributed by atoms with Gasteiger partial charge in [0.05, 0.1) is 28.8 Å². The summed E-state index contributed by atoms with van der Waals surface area (Å²) in [5, 5.41) is 2.32. The van der Waals surface area contributed by atoms with E-state index in [9.17, 15) is 0 Å². The van der Waals surface area contributed by atoms with E-state index in [0.29, 0.717) is 0 Å². The fourth-order valence-corrected chi connectivity index (χ4v) is 8.91. The van der Waals surface area contributed by atoms with Gasteiger partial charge in [-0.1, -0.05) is 212 Å². The third-order valence-corrected chi connectivity index (χ3v) is 11.9. The molecule has 1 unspecified atom stereocenters. The third kappa shape index (κ3) is 6.87. The maximum atomic E-state index is 5.24. The quantitative estimate of drug-likeness (QED) is 0.166. The van der Waals surface area contributed by atoms with Gasteiger partial charge in [-0.3, -0.25) is 5.01 Å². The number of hydrazine groups is 1. The summed E-state index contributed by atoms with van der Waals surface area (Å²) in [6.07, 6.45) is 2.37. The van der Waals surface area contributed by atoms with E-state index in [0.717, 1.165) is 44.9 Å². The van der Waals surface area contributed by atoms with Crippen LogP contribution in [0, 0.1) is 0 Å². The summed E-state index contributed by atoms with van der Waals surface area (Å²) >= 11 is 0. The first-order valence-corrected chi connectivity index (χ1v) is 20.9. The Morgan fingerprint density at radius 2 is 0.852 bits per heavy atom. The molecule has 0 bridgehead atoms. The van der Waals surface area contributed by atoms with Gasteiger partial charge in [-0.2, -0.15) is 0 Å². The molecule has 3 nitrogen and oxygen atoms in total. The number of fused-ring (bicyclic) bond motifs is 3. The molecule has 61 heavy (non-hydrogen) atoms. The highest BCUT2D eigenvalue weighted by Crippen LogP contribution is 2.51. The number of nitrogens with zero attached hydrogens (tertiary/aromatic N) is 2. The molecule has 11 rings (SSSR count). The second-order valence-electron chi connectivity index (χ2n) is 15.6. The summed E-state index contributed by atoms with van der Waals surface area (Å²) in [4.78, 5) is 5.24. The van der Waals surface area contributed by atoms with Crippen LogP contribution in [0.5, 0.6) is 0 Å². The third-order valence-electron chi connectivity index (χ3n) is 11.9. The molecule has 1 aromatic heterocycles. The number of pyridine rings is 1. The van der Waals surface area contributed by atoms with Gasteiger partial charge in [0, 0.05) is 22.3 Å². The zero-order valence-corrected chi connectivity index (χ0v) is 33.5. The minimum atomic E-state index is -0.0357. The Bertz CT molecular complexity index is 3070. The molecule has 0 saturated heterocycles. The highest BCUT2D eigenvalue weighted by Gasteiger charge is 2.39. The summed E-state index contributed by atoms with van der Waals surface area (Å²) < 4.78 is 0. The van der Waals surface area contributed by atoms with Crippen LogP contribution in [0.25, 0.3) is 78.9 Å². The highest BCUT2D eigenvalue weighted by atomic mass is 15.6. The molecule has 2 aliphatic heterocycles. The first-order chi connectivity index (χ1) is 30.2. The number of nitrogens with one attached hydrogen (secondary N) is 1. The number of benzene rings is 8. The highest BCUT2D eigenvalue weighted by molar-refractivity contribution is 6.06. The second-order valence-corrected chi connectivity index (χ2v) is 15.6. The number of hydrogen-bond donors (Lipinski definition) is 1. The van der Waals surface area contributed by atoms with Gasteiger partial charge in [-0.05, 0) is 79.9 Å². The van der Waals surface area contributed by atoms with E-state index in [2.05, 4.69) is 247 Å². The molecule has 3 heteroatoms. The Morgan fingerprint density at radius 3 is 1.52 bits per heavy atom. The monoisotopic (exact) mass is 779 g/mol. The van der Waals surface area contributed by atoms with Crippen molar-refractivity contribution in [1.82, 2.24) is 15.4 Å². The van der Waals surface area contributed by atoms with Crippen molar-refractivity contribution in [3.63, 3.8) is 0 Å². The standard InChI is InChI=1S/C58H41N3/c1-6-18-40(19-7-1)47-28-16-29-48(36-47)54-38-49(37-53(59-54)43-20-8-2-9-21-43)41-32-34-42(35-33-41)50-30-17-31-51-52(50)39-55(44-22-10-3-11-23-44)61-58(51)56(45-24-12-4-13-25-45)57(60-61)46-26-14-5-15-27-46/h1-39,57,60H. The molecule has 0 radical (unpaired) electrons. The van der Waals surface area contributed by atoms with Crippen LogP contribution in [0.3, 0.4) is 0 Å². The largest absolute Gasteiger partial charge is 0.274 e. The fourth-order valence-electron chi connectivity index (χ4n) is 8.91. The van der Waals surface area contributed by atoms with E-state index in [-0.39, 0.29) is 6.04 Å². The lowest BCUT2D eigenvalue weighted by atomic mass is 9.85. The van der Waals surface area contributed by atoms with Crippen LogP contribution < -0.4 is 5.43 Å². The van der Waals surface area contributed by atoms with E-state index in [4.69, 9.17) is 4.98 Å². The molecule has 2 aliphatic rings. The first-order valence-electron chi connectivity index (χ1n) is 20.9. The number of aromatic nitrogens is 1. The molecule has 0 amide bonds. The fraction of sp³-hybridized carbons (Fsp3) is 0.0172. The minimum absolute atomic E-state index is 0.0357. The Labute approximate surface area is 357 Å². The second kappa shape index (κ2) is 15.7. The van der Waals surface area contributed by atoms with Crippen LogP contribution >= 0.6 is 0 Å². The number of hydrogen-bond acceptors (Lipinski definition) is 3. The van der Waals surface area contributed by atoms with Gasteiger partial charge in [-0.25, -0.2) is 10.4 Å². The molecule has 0 saturated carbocycles. The number of rotatable bonds is 8. The van der Waals surface area contributed by atoms with Gasteiger partial charge < -0.3 is 0 Å². The molecule has 0 fully saturated rings. The van der Waals surface area contributed by atoms with Gasteiger partial charge >= 0.3 is 0 Å². The van der Waals surface area contributed by atoms with Crippen LogP contribution in [0.2, 0.25) is 0 Å². The summed E-state index contributed by atoms with van der Waals surface area (Å²) in [5.41, 5.74) is 24.6. The predicted octanol–water partition coefficient (Wildman–Crippen LogP) is 14.4.